The van der Waals surface area contributed by atoms with E-state index >= 15 is 0 Å². The van der Waals surface area contributed by atoms with Gasteiger partial charge in [-0.3, -0.25) is 9.59 Å². The molecule has 0 saturated heterocycles. The first-order chi connectivity index (χ1) is 13.7. The van der Waals surface area contributed by atoms with Crippen molar-refractivity contribution in [1.82, 2.24) is 15.0 Å². The molecule has 1 heterocycles. The van der Waals surface area contributed by atoms with Gasteiger partial charge in [0.05, 0.1) is 17.9 Å². The zero-order valence-corrected chi connectivity index (χ0v) is 17.4. The van der Waals surface area contributed by atoms with E-state index in [0.717, 1.165) is 19.1 Å². The molecule has 2 aromatic rings. The number of amides is 2. The number of hydrogen-bond donors (Lipinski definition) is 2. The number of carbonyl (C=O) groups is 2. The summed E-state index contributed by atoms with van der Waals surface area (Å²) in [6.07, 6.45) is 2.79. The summed E-state index contributed by atoms with van der Waals surface area (Å²) in [5.41, 5.74) is 1.08. The van der Waals surface area contributed by atoms with Gasteiger partial charge in [-0.1, -0.05) is 0 Å². The van der Waals surface area contributed by atoms with E-state index in [-0.39, 0.29) is 24.2 Å². The lowest BCUT2D eigenvalue weighted by atomic mass is 10.2. The zero-order chi connectivity index (χ0) is 21.2. The highest BCUT2D eigenvalue weighted by Crippen LogP contribution is 2.32. The van der Waals surface area contributed by atoms with Crippen molar-refractivity contribution < 1.29 is 18.0 Å². The molecular weight excluding hydrogens is 414 g/mol. The van der Waals surface area contributed by atoms with Crippen LogP contribution in [0, 0.1) is 18.3 Å². The van der Waals surface area contributed by atoms with Crippen LogP contribution >= 0.6 is 11.3 Å². The second-order valence-electron chi connectivity index (χ2n) is 6.69. The number of aromatic nitrogens is 1. The van der Waals surface area contributed by atoms with E-state index in [9.17, 15) is 18.0 Å². The number of hydrogen-bond acceptors (Lipinski definition) is 8. The summed E-state index contributed by atoms with van der Waals surface area (Å²) >= 11 is 1.17. The maximum absolute atomic E-state index is 12.4. The molecule has 0 atom stereocenters. The highest BCUT2D eigenvalue weighted by molar-refractivity contribution is 7.89. The molecule has 2 amide bonds. The van der Waals surface area contributed by atoms with Crippen LogP contribution in [0.2, 0.25) is 0 Å². The molecule has 2 N–H and O–H groups in total. The molecule has 0 unspecified atom stereocenters. The lowest BCUT2D eigenvalue weighted by molar-refractivity contribution is -0.119. The number of thiazole rings is 1. The molecule has 1 aromatic carbocycles. The Bertz CT molecular complexity index is 1080. The van der Waals surface area contributed by atoms with Gasteiger partial charge in [0.2, 0.25) is 15.9 Å². The fourth-order valence-electron chi connectivity index (χ4n) is 2.56. The molecule has 1 aliphatic carbocycles. The third kappa shape index (κ3) is 5.52. The molecule has 9 nitrogen and oxygen atoms in total. The van der Waals surface area contributed by atoms with Crippen LogP contribution in [0.4, 0.5) is 10.8 Å². The Morgan fingerprint density at radius 1 is 1.31 bits per heavy atom. The maximum Gasteiger partial charge on any atom is 0.284 e. The van der Waals surface area contributed by atoms with Crippen molar-refractivity contribution >= 4 is 44.0 Å². The third-order valence-electron chi connectivity index (χ3n) is 4.06. The van der Waals surface area contributed by atoms with Gasteiger partial charge >= 0.3 is 0 Å². The van der Waals surface area contributed by atoms with E-state index in [1.165, 1.54) is 11.3 Å². The van der Waals surface area contributed by atoms with Crippen molar-refractivity contribution in [3.05, 3.63) is 40.4 Å². The monoisotopic (exact) mass is 433 g/mol. The molecule has 152 valence electrons. The SMILES string of the molecule is Cc1sc(N(CC(=O)NC2CC2)c2ccc(C#N)cc2)nc1C(=O)NS(C)(=O)=O. The van der Waals surface area contributed by atoms with E-state index < -0.39 is 15.9 Å². The first-order valence-corrected chi connectivity index (χ1v) is 11.4. The van der Waals surface area contributed by atoms with Gasteiger partial charge in [-0.2, -0.15) is 5.26 Å². The smallest absolute Gasteiger partial charge is 0.284 e. The van der Waals surface area contributed by atoms with Gasteiger partial charge in [0.1, 0.15) is 12.2 Å². The van der Waals surface area contributed by atoms with Crippen molar-refractivity contribution in [2.45, 2.75) is 25.8 Å². The van der Waals surface area contributed by atoms with Crippen molar-refractivity contribution in [1.29, 1.82) is 5.26 Å². The summed E-state index contributed by atoms with van der Waals surface area (Å²) in [5, 5.41) is 12.3. The summed E-state index contributed by atoms with van der Waals surface area (Å²) in [7, 11) is -3.73. The number of carbonyl (C=O) groups excluding carboxylic acids is 2. The van der Waals surface area contributed by atoms with Gasteiger partial charge in [0.25, 0.3) is 5.91 Å². The lowest BCUT2D eigenvalue weighted by Crippen LogP contribution is -2.36. The summed E-state index contributed by atoms with van der Waals surface area (Å²) in [4.78, 5) is 31.1. The number of nitrogens with one attached hydrogen (secondary N) is 2. The molecule has 0 radical (unpaired) electrons. The number of anilines is 2. The van der Waals surface area contributed by atoms with Gasteiger partial charge in [-0.25, -0.2) is 18.1 Å². The second-order valence-corrected chi connectivity index (χ2v) is 9.62. The average molecular weight is 434 g/mol. The minimum atomic E-state index is -3.73. The average Bonchev–Trinajstić information content (AvgIpc) is 3.37. The van der Waals surface area contributed by atoms with E-state index in [4.69, 9.17) is 5.26 Å². The molecule has 0 aliphatic heterocycles. The number of sulfonamides is 1. The Balaban J connectivity index is 1.92. The summed E-state index contributed by atoms with van der Waals surface area (Å²) in [5.74, 6) is -1.01. The van der Waals surface area contributed by atoms with E-state index in [0.29, 0.717) is 21.3 Å². The van der Waals surface area contributed by atoms with Crippen LogP contribution < -0.4 is 14.9 Å². The number of benzene rings is 1. The van der Waals surface area contributed by atoms with Crippen molar-refractivity contribution in [2.75, 3.05) is 17.7 Å². The largest absolute Gasteiger partial charge is 0.352 e. The van der Waals surface area contributed by atoms with Crippen LogP contribution in [0.15, 0.2) is 24.3 Å². The van der Waals surface area contributed by atoms with Gasteiger partial charge in [-0.15, -0.1) is 11.3 Å². The molecular formula is C18H19N5O4S2. The van der Waals surface area contributed by atoms with Crippen LogP contribution in [-0.4, -0.2) is 44.1 Å². The second kappa shape index (κ2) is 8.18. The molecule has 3 rings (SSSR count). The van der Waals surface area contributed by atoms with Crippen LogP contribution in [-0.2, 0) is 14.8 Å². The number of rotatable bonds is 7. The molecule has 0 bridgehead atoms. The summed E-state index contributed by atoms with van der Waals surface area (Å²) in [6, 6.07) is 8.86. The highest BCUT2D eigenvalue weighted by Gasteiger charge is 2.27. The first-order valence-electron chi connectivity index (χ1n) is 8.73. The number of nitrogens with zero attached hydrogens (tertiary/aromatic N) is 3. The normalized spacial score (nSPS) is 13.4. The highest BCUT2D eigenvalue weighted by atomic mass is 32.2. The van der Waals surface area contributed by atoms with Gasteiger partial charge in [0, 0.05) is 16.6 Å². The molecule has 1 fully saturated rings. The number of nitriles is 1. The van der Waals surface area contributed by atoms with E-state index in [1.807, 2.05) is 10.8 Å². The van der Waals surface area contributed by atoms with Gasteiger partial charge in [-0.05, 0) is 44.0 Å². The molecule has 1 saturated carbocycles. The lowest BCUT2D eigenvalue weighted by Gasteiger charge is -2.21. The Morgan fingerprint density at radius 2 is 1.97 bits per heavy atom. The van der Waals surface area contributed by atoms with Crippen LogP contribution in [0.5, 0.6) is 0 Å². The Morgan fingerprint density at radius 3 is 2.52 bits per heavy atom. The number of aryl methyl sites for hydroxylation is 1. The third-order valence-corrected chi connectivity index (χ3v) is 5.61. The molecule has 1 aromatic heterocycles. The zero-order valence-electron chi connectivity index (χ0n) is 15.8. The predicted octanol–water partition coefficient (Wildman–Crippen LogP) is 1.43. The first kappa shape index (κ1) is 20.8. The fourth-order valence-corrected chi connectivity index (χ4v) is 3.91. The maximum atomic E-state index is 12.4. The predicted molar refractivity (Wildman–Crippen MR) is 108 cm³/mol. The van der Waals surface area contributed by atoms with Crippen molar-refractivity contribution in [3.8, 4) is 6.07 Å². The van der Waals surface area contributed by atoms with Crippen molar-refractivity contribution in [2.24, 2.45) is 0 Å². The van der Waals surface area contributed by atoms with Gasteiger partial charge in [0.15, 0.2) is 5.13 Å². The quantitative estimate of drug-likeness (QED) is 0.675. The molecule has 11 heteroatoms. The van der Waals surface area contributed by atoms with E-state index in [2.05, 4.69) is 10.3 Å². The summed E-state index contributed by atoms with van der Waals surface area (Å²) in [6.45, 7) is 1.63. The minimum Gasteiger partial charge on any atom is -0.352 e. The van der Waals surface area contributed by atoms with Crippen LogP contribution in [0.3, 0.4) is 0 Å². The van der Waals surface area contributed by atoms with Crippen LogP contribution in [0.1, 0.15) is 33.8 Å². The topological polar surface area (TPSA) is 132 Å². The Labute approximate surface area is 172 Å². The van der Waals surface area contributed by atoms with Gasteiger partial charge < -0.3 is 10.2 Å². The standard InChI is InChI=1S/C18H19N5O4S2/c1-11-16(17(25)22-29(2,26)27)21-18(28-11)23(10-15(24)20-13-5-6-13)14-7-3-12(9-19)4-8-14/h3-4,7-8,13H,5-6,10H2,1-2H3,(H,20,24)(H,22,25). The van der Waals surface area contributed by atoms with Crippen LogP contribution in [0.25, 0.3) is 0 Å². The fraction of sp³-hybridized carbons (Fsp3) is 0.333. The Kier molecular flexibility index (Phi) is 5.86. The molecule has 1 aliphatic rings. The van der Waals surface area contributed by atoms with Crippen molar-refractivity contribution in [3.63, 3.8) is 0 Å². The Hall–Kier alpha value is -2.97. The summed E-state index contributed by atoms with van der Waals surface area (Å²) < 4.78 is 24.6. The molecule has 0 spiro atoms. The van der Waals surface area contributed by atoms with E-state index in [1.54, 1.807) is 36.1 Å². The minimum absolute atomic E-state index is 0.0170. The molecule has 29 heavy (non-hydrogen) atoms.